The van der Waals surface area contributed by atoms with Gasteiger partial charge >= 0.3 is 12.0 Å². The SMILES string of the molecule is CCOC(=O)CCNc1nc(NN)nc(OC(C)C)n1. The van der Waals surface area contributed by atoms with Crippen LogP contribution in [0.1, 0.15) is 27.2 Å². The van der Waals surface area contributed by atoms with Crippen LogP contribution in [0.3, 0.4) is 0 Å². The lowest BCUT2D eigenvalue weighted by Gasteiger charge is -2.10. The zero-order valence-corrected chi connectivity index (χ0v) is 11.8. The van der Waals surface area contributed by atoms with Crippen molar-refractivity contribution in [3.63, 3.8) is 0 Å². The van der Waals surface area contributed by atoms with Crippen molar-refractivity contribution in [2.75, 3.05) is 23.9 Å². The van der Waals surface area contributed by atoms with E-state index in [1.165, 1.54) is 0 Å². The van der Waals surface area contributed by atoms with Gasteiger partial charge in [0.25, 0.3) is 0 Å². The number of hydrogen-bond donors (Lipinski definition) is 3. The zero-order valence-electron chi connectivity index (χ0n) is 11.8. The minimum Gasteiger partial charge on any atom is -0.466 e. The molecule has 0 atom stereocenters. The van der Waals surface area contributed by atoms with Gasteiger partial charge < -0.3 is 14.8 Å². The molecule has 0 aromatic carbocycles. The first-order valence-corrected chi connectivity index (χ1v) is 6.34. The summed E-state index contributed by atoms with van der Waals surface area (Å²) < 4.78 is 10.2. The maximum absolute atomic E-state index is 11.2. The van der Waals surface area contributed by atoms with Crippen molar-refractivity contribution in [3.8, 4) is 6.01 Å². The van der Waals surface area contributed by atoms with Gasteiger partial charge in [0.15, 0.2) is 0 Å². The van der Waals surface area contributed by atoms with Crippen molar-refractivity contribution < 1.29 is 14.3 Å². The Morgan fingerprint density at radius 3 is 2.60 bits per heavy atom. The van der Waals surface area contributed by atoms with Gasteiger partial charge in [-0.1, -0.05) is 0 Å². The number of nitrogen functional groups attached to an aromatic ring is 1. The fourth-order valence-corrected chi connectivity index (χ4v) is 1.27. The van der Waals surface area contributed by atoms with Crippen LogP contribution in [0.15, 0.2) is 0 Å². The second-order valence-electron chi connectivity index (χ2n) is 4.06. The number of esters is 1. The van der Waals surface area contributed by atoms with Crippen LogP contribution in [-0.4, -0.2) is 40.2 Å². The average molecular weight is 284 g/mol. The lowest BCUT2D eigenvalue weighted by atomic mass is 10.4. The van der Waals surface area contributed by atoms with Gasteiger partial charge in [0, 0.05) is 6.54 Å². The fourth-order valence-electron chi connectivity index (χ4n) is 1.27. The van der Waals surface area contributed by atoms with E-state index in [1.54, 1.807) is 6.92 Å². The minimum absolute atomic E-state index is 0.0737. The minimum atomic E-state index is -0.287. The predicted molar refractivity (Wildman–Crippen MR) is 73.1 cm³/mol. The lowest BCUT2D eigenvalue weighted by Crippen LogP contribution is -2.17. The fraction of sp³-hybridized carbons (Fsp3) is 0.636. The van der Waals surface area contributed by atoms with Crippen molar-refractivity contribution in [3.05, 3.63) is 0 Å². The van der Waals surface area contributed by atoms with Crippen LogP contribution >= 0.6 is 0 Å². The molecule has 1 aromatic rings. The summed E-state index contributed by atoms with van der Waals surface area (Å²) in [6.45, 7) is 6.17. The smallest absolute Gasteiger partial charge is 0.323 e. The van der Waals surface area contributed by atoms with E-state index < -0.39 is 0 Å². The molecule has 0 radical (unpaired) electrons. The van der Waals surface area contributed by atoms with Crippen LogP contribution in [0.5, 0.6) is 6.01 Å². The molecule has 0 aliphatic rings. The first kappa shape index (κ1) is 15.9. The predicted octanol–water partition coefficient (Wildman–Crippen LogP) is 0.310. The van der Waals surface area contributed by atoms with Gasteiger partial charge in [-0.3, -0.25) is 10.2 Å². The molecule has 20 heavy (non-hydrogen) atoms. The summed E-state index contributed by atoms with van der Waals surface area (Å²) in [5, 5.41) is 2.88. The normalized spacial score (nSPS) is 10.2. The number of nitrogens with two attached hydrogens (primary N) is 1. The Morgan fingerprint density at radius 2 is 2.00 bits per heavy atom. The summed E-state index contributed by atoms with van der Waals surface area (Å²) in [5.74, 6) is 5.43. The molecule has 0 unspecified atom stereocenters. The highest BCUT2D eigenvalue weighted by Crippen LogP contribution is 2.11. The Morgan fingerprint density at radius 1 is 1.30 bits per heavy atom. The van der Waals surface area contributed by atoms with E-state index >= 15 is 0 Å². The van der Waals surface area contributed by atoms with E-state index in [0.717, 1.165) is 0 Å². The van der Waals surface area contributed by atoms with E-state index in [9.17, 15) is 4.79 Å². The van der Waals surface area contributed by atoms with Crippen molar-refractivity contribution in [1.82, 2.24) is 15.0 Å². The summed E-state index contributed by atoms with van der Waals surface area (Å²) in [7, 11) is 0. The third-order valence-electron chi connectivity index (χ3n) is 2.00. The summed E-state index contributed by atoms with van der Waals surface area (Å²) in [4.78, 5) is 23.2. The molecule has 0 amide bonds. The maximum Gasteiger partial charge on any atom is 0.323 e. The third kappa shape index (κ3) is 5.65. The number of aromatic nitrogens is 3. The van der Waals surface area contributed by atoms with Crippen molar-refractivity contribution in [1.29, 1.82) is 0 Å². The first-order chi connectivity index (χ1) is 9.55. The molecule has 0 aliphatic carbocycles. The summed E-state index contributed by atoms with van der Waals surface area (Å²) >= 11 is 0. The van der Waals surface area contributed by atoms with Gasteiger partial charge in [0.2, 0.25) is 11.9 Å². The molecule has 0 saturated heterocycles. The van der Waals surface area contributed by atoms with Crippen molar-refractivity contribution in [2.24, 2.45) is 5.84 Å². The van der Waals surface area contributed by atoms with Gasteiger partial charge in [-0.05, 0) is 20.8 Å². The summed E-state index contributed by atoms with van der Waals surface area (Å²) in [6, 6.07) is 0.154. The van der Waals surface area contributed by atoms with E-state index in [1.807, 2.05) is 13.8 Å². The third-order valence-corrected chi connectivity index (χ3v) is 2.00. The molecule has 9 nitrogen and oxygen atoms in total. The summed E-state index contributed by atoms with van der Waals surface area (Å²) in [5.41, 5.74) is 2.33. The highest BCUT2D eigenvalue weighted by atomic mass is 16.5. The van der Waals surface area contributed by atoms with E-state index in [2.05, 4.69) is 25.7 Å². The number of rotatable bonds is 8. The molecule has 0 spiro atoms. The number of ether oxygens (including phenoxy) is 2. The molecule has 112 valence electrons. The van der Waals surface area contributed by atoms with Crippen LogP contribution < -0.4 is 21.3 Å². The molecule has 1 rings (SSSR count). The van der Waals surface area contributed by atoms with Crippen molar-refractivity contribution in [2.45, 2.75) is 33.3 Å². The number of carbonyl (C=O) groups excluding carboxylic acids is 1. The lowest BCUT2D eigenvalue weighted by molar-refractivity contribution is -0.142. The Bertz CT molecular complexity index is 440. The number of hydrogen-bond acceptors (Lipinski definition) is 9. The zero-order chi connectivity index (χ0) is 15.0. The molecular weight excluding hydrogens is 264 g/mol. The molecular formula is C11H20N6O3. The van der Waals surface area contributed by atoms with Crippen LogP contribution in [0.2, 0.25) is 0 Å². The highest BCUT2D eigenvalue weighted by molar-refractivity contribution is 5.69. The van der Waals surface area contributed by atoms with Gasteiger partial charge in [0.05, 0.1) is 19.1 Å². The Kier molecular flexibility index (Phi) is 6.44. The number of nitrogens with zero attached hydrogens (tertiary/aromatic N) is 3. The van der Waals surface area contributed by atoms with E-state index in [0.29, 0.717) is 13.2 Å². The molecule has 0 saturated carbocycles. The van der Waals surface area contributed by atoms with Crippen LogP contribution in [0.4, 0.5) is 11.9 Å². The number of nitrogens with one attached hydrogen (secondary N) is 2. The molecule has 9 heteroatoms. The highest BCUT2D eigenvalue weighted by Gasteiger charge is 2.09. The Hall–Kier alpha value is -2.16. The monoisotopic (exact) mass is 284 g/mol. The topological polar surface area (TPSA) is 124 Å². The summed E-state index contributed by atoms with van der Waals surface area (Å²) in [6.07, 6.45) is 0.140. The van der Waals surface area contributed by atoms with Crippen molar-refractivity contribution >= 4 is 17.9 Å². The largest absolute Gasteiger partial charge is 0.466 e. The van der Waals surface area contributed by atoms with Gasteiger partial charge in [0.1, 0.15) is 0 Å². The average Bonchev–Trinajstić information content (AvgIpc) is 2.38. The molecule has 1 heterocycles. The first-order valence-electron chi connectivity index (χ1n) is 6.34. The molecule has 0 fully saturated rings. The van der Waals surface area contributed by atoms with E-state index in [4.69, 9.17) is 15.3 Å². The molecule has 4 N–H and O–H groups in total. The molecule has 1 aromatic heterocycles. The van der Waals surface area contributed by atoms with Crippen LogP contribution in [0.25, 0.3) is 0 Å². The standard InChI is InChI=1S/C11H20N6O3/c1-4-19-8(18)5-6-13-9-14-10(17-12)16-11(15-9)20-7(2)3/h7H,4-6,12H2,1-3H3,(H2,13,14,15,16,17). The van der Waals surface area contributed by atoms with Crippen LogP contribution in [-0.2, 0) is 9.53 Å². The van der Waals surface area contributed by atoms with Gasteiger partial charge in [-0.2, -0.15) is 15.0 Å². The van der Waals surface area contributed by atoms with E-state index in [-0.39, 0.29) is 36.4 Å². The Balaban J connectivity index is 2.61. The molecule has 0 bridgehead atoms. The number of carbonyl (C=O) groups is 1. The second kappa shape index (κ2) is 8.10. The number of hydrazine groups is 1. The maximum atomic E-state index is 11.2. The molecule has 0 aliphatic heterocycles. The van der Waals surface area contributed by atoms with Gasteiger partial charge in [-0.15, -0.1) is 0 Å². The van der Waals surface area contributed by atoms with Crippen LogP contribution in [0, 0.1) is 0 Å². The van der Waals surface area contributed by atoms with Gasteiger partial charge in [-0.25, -0.2) is 5.84 Å². The Labute approximate surface area is 117 Å². The number of anilines is 2. The second-order valence-corrected chi connectivity index (χ2v) is 4.06. The quantitative estimate of drug-likeness (QED) is 0.351.